The summed E-state index contributed by atoms with van der Waals surface area (Å²) < 4.78 is 7.33. The maximum atomic E-state index is 13.3. The highest BCUT2D eigenvalue weighted by Gasteiger charge is 2.30. The Morgan fingerprint density at radius 2 is 1.91 bits per heavy atom. The van der Waals surface area contributed by atoms with Crippen molar-refractivity contribution in [2.75, 3.05) is 19.4 Å². The Morgan fingerprint density at radius 3 is 2.65 bits per heavy atom. The molecule has 0 saturated carbocycles. The van der Waals surface area contributed by atoms with E-state index in [1.807, 2.05) is 64.1 Å². The first-order chi connectivity index (χ1) is 16.7. The van der Waals surface area contributed by atoms with Crippen molar-refractivity contribution in [1.82, 2.24) is 19.7 Å². The van der Waals surface area contributed by atoms with Crippen molar-refractivity contribution in [3.05, 3.63) is 76.5 Å². The van der Waals surface area contributed by atoms with Crippen LogP contribution in [-0.4, -0.2) is 45.0 Å². The van der Waals surface area contributed by atoms with E-state index in [0.717, 1.165) is 42.2 Å². The molecule has 6 nitrogen and oxygen atoms in total. The number of hydrogen-bond donors (Lipinski definition) is 0. The summed E-state index contributed by atoms with van der Waals surface area (Å²) in [7, 11) is 1.65. The number of benzene rings is 2. The van der Waals surface area contributed by atoms with Gasteiger partial charge in [0.2, 0.25) is 5.91 Å². The number of carbonyl (C=O) groups is 1. The zero-order valence-corrected chi connectivity index (χ0v) is 20.8. The summed E-state index contributed by atoms with van der Waals surface area (Å²) in [6.07, 6.45) is 1.85. The molecular weight excluding hydrogens is 464 g/mol. The predicted octanol–water partition coefficient (Wildman–Crippen LogP) is 5.63. The van der Waals surface area contributed by atoms with Crippen molar-refractivity contribution in [3.8, 4) is 22.8 Å². The Morgan fingerprint density at radius 1 is 1.12 bits per heavy atom. The number of methoxy groups -OCH3 is 1. The van der Waals surface area contributed by atoms with Crippen LogP contribution >= 0.6 is 23.1 Å². The Kier molecular flexibility index (Phi) is 6.69. The number of aromatic nitrogens is 3. The monoisotopic (exact) mass is 490 g/mol. The highest BCUT2D eigenvalue weighted by Crippen LogP contribution is 2.36. The molecule has 0 aliphatic carbocycles. The van der Waals surface area contributed by atoms with E-state index in [4.69, 9.17) is 4.74 Å². The van der Waals surface area contributed by atoms with Crippen LogP contribution in [0.1, 0.15) is 29.8 Å². The third-order valence-corrected chi connectivity index (χ3v) is 8.03. The molecule has 0 N–H and O–H groups in total. The normalized spacial score (nSPS) is 15.2. The molecule has 0 fully saturated rings. The number of nitrogens with zero attached hydrogens (tertiary/aromatic N) is 4. The van der Waals surface area contributed by atoms with Crippen molar-refractivity contribution in [1.29, 1.82) is 0 Å². The number of thiophene rings is 1. The summed E-state index contributed by atoms with van der Waals surface area (Å²) in [6.45, 7) is 2.92. The van der Waals surface area contributed by atoms with Crippen LogP contribution < -0.4 is 4.74 Å². The summed E-state index contributed by atoms with van der Waals surface area (Å²) in [4.78, 5) is 16.8. The van der Waals surface area contributed by atoms with E-state index in [-0.39, 0.29) is 11.9 Å². The maximum absolute atomic E-state index is 13.3. The SMILES string of the molecule is CCC1c2ccsc2CCN1C(=O)CSc1nnc(-c2ccccc2)n1-c1ccc(OC)cc1. The second-order valence-electron chi connectivity index (χ2n) is 8.05. The van der Waals surface area contributed by atoms with Crippen LogP contribution in [0.5, 0.6) is 5.75 Å². The average molecular weight is 491 g/mol. The van der Waals surface area contributed by atoms with Gasteiger partial charge in [-0.3, -0.25) is 9.36 Å². The number of ether oxygens (including phenoxy) is 1. The second kappa shape index (κ2) is 10.0. The molecule has 1 atom stereocenters. The average Bonchev–Trinajstić information content (AvgIpc) is 3.54. The van der Waals surface area contributed by atoms with E-state index < -0.39 is 0 Å². The number of thioether (sulfide) groups is 1. The Bertz CT molecular complexity index is 1270. The van der Waals surface area contributed by atoms with E-state index in [1.54, 1.807) is 18.4 Å². The van der Waals surface area contributed by atoms with Crippen molar-refractivity contribution >= 4 is 29.0 Å². The molecule has 1 amide bonds. The number of fused-ring (bicyclic) bond motifs is 1. The Labute approximate surface area is 207 Å². The maximum Gasteiger partial charge on any atom is 0.233 e. The van der Waals surface area contributed by atoms with E-state index in [2.05, 4.69) is 28.6 Å². The molecule has 4 aromatic rings. The van der Waals surface area contributed by atoms with Gasteiger partial charge in [0.1, 0.15) is 5.75 Å². The Balaban J connectivity index is 1.41. The van der Waals surface area contributed by atoms with E-state index in [9.17, 15) is 4.79 Å². The molecule has 2 aromatic heterocycles. The van der Waals surface area contributed by atoms with E-state index >= 15 is 0 Å². The van der Waals surface area contributed by atoms with Crippen molar-refractivity contribution < 1.29 is 9.53 Å². The minimum absolute atomic E-state index is 0.138. The fraction of sp³-hybridized carbons (Fsp3) is 0.269. The molecule has 34 heavy (non-hydrogen) atoms. The topological polar surface area (TPSA) is 60.2 Å². The quantitative estimate of drug-likeness (QED) is 0.314. The lowest BCUT2D eigenvalue weighted by Crippen LogP contribution is -2.40. The first kappa shape index (κ1) is 22.7. The lowest BCUT2D eigenvalue weighted by molar-refractivity contribution is -0.131. The summed E-state index contributed by atoms with van der Waals surface area (Å²) in [5, 5.41) is 11.8. The number of rotatable bonds is 7. The molecule has 0 radical (unpaired) electrons. The lowest BCUT2D eigenvalue weighted by atomic mass is 9.98. The van der Waals surface area contributed by atoms with Gasteiger partial charge in [-0.1, -0.05) is 49.0 Å². The predicted molar refractivity (Wildman–Crippen MR) is 137 cm³/mol. The molecule has 1 aliphatic heterocycles. The van der Waals surface area contributed by atoms with Crippen LogP contribution in [0.15, 0.2) is 71.2 Å². The van der Waals surface area contributed by atoms with Gasteiger partial charge in [0.25, 0.3) is 0 Å². The number of hydrogen-bond acceptors (Lipinski definition) is 6. The summed E-state index contributed by atoms with van der Waals surface area (Å²) in [6, 6.07) is 20.1. The van der Waals surface area contributed by atoms with Gasteiger partial charge in [-0.2, -0.15) is 0 Å². The van der Waals surface area contributed by atoms with Crippen LogP contribution in [0.4, 0.5) is 0 Å². The molecule has 1 aliphatic rings. The minimum Gasteiger partial charge on any atom is -0.497 e. The largest absolute Gasteiger partial charge is 0.497 e. The zero-order valence-electron chi connectivity index (χ0n) is 19.2. The van der Waals surface area contributed by atoms with Gasteiger partial charge in [0, 0.05) is 22.7 Å². The molecule has 0 bridgehead atoms. The van der Waals surface area contributed by atoms with Gasteiger partial charge in [0.15, 0.2) is 11.0 Å². The van der Waals surface area contributed by atoms with Gasteiger partial charge in [-0.05, 0) is 54.1 Å². The zero-order chi connectivity index (χ0) is 23.5. The number of carbonyl (C=O) groups excluding carboxylic acids is 1. The van der Waals surface area contributed by atoms with Gasteiger partial charge in [0.05, 0.1) is 18.9 Å². The highest BCUT2D eigenvalue weighted by atomic mass is 32.2. The van der Waals surface area contributed by atoms with Gasteiger partial charge in [-0.15, -0.1) is 21.5 Å². The van der Waals surface area contributed by atoms with Crippen LogP contribution in [0.25, 0.3) is 17.1 Å². The van der Waals surface area contributed by atoms with Crippen LogP contribution in [0, 0.1) is 0 Å². The van der Waals surface area contributed by atoms with Crippen LogP contribution in [-0.2, 0) is 11.2 Å². The molecule has 2 aromatic carbocycles. The van der Waals surface area contributed by atoms with Crippen LogP contribution in [0.2, 0.25) is 0 Å². The molecule has 3 heterocycles. The lowest BCUT2D eigenvalue weighted by Gasteiger charge is -2.35. The van der Waals surface area contributed by atoms with Crippen LogP contribution in [0.3, 0.4) is 0 Å². The minimum atomic E-state index is 0.138. The molecule has 174 valence electrons. The summed E-state index contributed by atoms with van der Waals surface area (Å²) in [5.41, 5.74) is 3.20. The van der Waals surface area contributed by atoms with Crippen molar-refractivity contribution in [2.45, 2.75) is 31.0 Å². The van der Waals surface area contributed by atoms with Gasteiger partial charge in [-0.25, -0.2) is 0 Å². The fourth-order valence-corrected chi connectivity index (χ4v) is 6.21. The molecular formula is C26H26N4O2S2. The van der Waals surface area contributed by atoms with Gasteiger partial charge < -0.3 is 9.64 Å². The summed E-state index contributed by atoms with van der Waals surface area (Å²) in [5.74, 6) is 1.98. The second-order valence-corrected chi connectivity index (χ2v) is 10.00. The first-order valence-electron chi connectivity index (χ1n) is 11.3. The van der Waals surface area contributed by atoms with E-state index in [1.165, 1.54) is 22.2 Å². The molecule has 5 rings (SSSR count). The number of amides is 1. The summed E-state index contributed by atoms with van der Waals surface area (Å²) >= 11 is 3.23. The molecule has 8 heteroatoms. The first-order valence-corrected chi connectivity index (χ1v) is 13.2. The third-order valence-electron chi connectivity index (χ3n) is 6.12. The van der Waals surface area contributed by atoms with Crippen molar-refractivity contribution in [2.24, 2.45) is 0 Å². The molecule has 0 spiro atoms. The van der Waals surface area contributed by atoms with Gasteiger partial charge >= 0.3 is 0 Å². The Hall–Kier alpha value is -3.10. The standard InChI is InChI=1S/C26H26N4O2S2/c1-3-22-21-14-16-33-23(21)13-15-29(22)24(31)17-34-26-28-27-25(18-7-5-4-6-8-18)30(26)19-9-11-20(32-2)12-10-19/h4-12,14,16,22H,3,13,15,17H2,1-2H3. The molecule has 0 saturated heterocycles. The smallest absolute Gasteiger partial charge is 0.233 e. The third kappa shape index (κ3) is 4.35. The van der Waals surface area contributed by atoms with Crippen molar-refractivity contribution in [3.63, 3.8) is 0 Å². The van der Waals surface area contributed by atoms with E-state index in [0.29, 0.717) is 10.9 Å². The highest BCUT2D eigenvalue weighted by molar-refractivity contribution is 7.99. The fourth-order valence-electron chi connectivity index (χ4n) is 4.45. The molecule has 1 unspecified atom stereocenters.